The van der Waals surface area contributed by atoms with Crippen LogP contribution in [0, 0.1) is 11.6 Å². The molecule has 3 atom stereocenters. The maximum absolute atomic E-state index is 16.0. The first-order valence-electron chi connectivity index (χ1n) is 13.3. The number of ether oxygens (including phenoxy) is 2. The van der Waals surface area contributed by atoms with Crippen molar-refractivity contribution < 1.29 is 27.8 Å². The zero-order valence-electron chi connectivity index (χ0n) is 22.9. The Morgan fingerprint density at radius 2 is 1.90 bits per heavy atom. The minimum Gasteiger partial charge on any atom is -0.491 e. The molecule has 0 radical (unpaired) electrons. The van der Waals surface area contributed by atoms with E-state index in [9.17, 15) is 14.0 Å². The summed E-state index contributed by atoms with van der Waals surface area (Å²) in [6.07, 6.45) is -1.10. The summed E-state index contributed by atoms with van der Waals surface area (Å²) in [4.78, 5) is 31.2. The topological polar surface area (TPSA) is 101 Å². The van der Waals surface area contributed by atoms with E-state index < -0.39 is 47.1 Å². The van der Waals surface area contributed by atoms with Crippen LogP contribution >= 0.6 is 23.2 Å². The van der Waals surface area contributed by atoms with Gasteiger partial charge in [-0.15, -0.1) is 0 Å². The Hall–Kier alpha value is -3.89. The number of amides is 2. The minimum absolute atomic E-state index is 0.0247. The Balaban J connectivity index is 1.82. The number of hydrogen-bond acceptors (Lipinski definition) is 6. The average Bonchev–Trinajstić information content (AvgIpc) is 3.21. The largest absolute Gasteiger partial charge is 0.491 e. The van der Waals surface area contributed by atoms with Crippen LogP contribution in [0.3, 0.4) is 0 Å². The summed E-state index contributed by atoms with van der Waals surface area (Å²) in [6.45, 7) is 5.27. The van der Waals surface area contributed by atoms with Crippen LogP contribution in [0.4, 0.5) is 19.3 Å². The SMILES string of the molecule is CCOC(=O)NNC1=N[C@H](c2c(OC(C)C)ccc(F)c2F)[C@@]2(C(=O)Nc3cc(Cl)ccc32)[C@H](c2cccc(Cl)c2)C1. The standard InChI is InChI=1S/C30H28Cl2F2N4O4/c1-4-41-29(40)38-37-24-14-20(16-6-5-7-17(31)12-16)30(19-9-8-18(32)13-22(19)35-28(30)39)27(36-24)25-23(42-15(2)3)11-10-21(33)26(25)34/h5-13,15,20,27H,4,14H2,1-3H3,(H,35,39)(H,36,37)(H,38,40)/t20-,27+,30-/m0/s1. The predicted octanol–water partition coefficient (Wildman–Crippen LogP) is 6.83. The second-order valence-electron chi connectivity index (χ2n) is 10.2. The summed E-state index contributed by atoms with van der Waals surface area (Å²) < 4.78 is 41.9. The fourth-order valence-corrected chi connectivity index (χ4v) is 6.10. The van der Waals surface area contributed by atoms with Gasteiger partial charge in [-0.2, -0.15) is 0 Å². The Morgan fingerprint density at radius 1 is 1.14 bits per heavy atom. The quantitative estimate of drug-likeness (QED) is 0.273. The number of carbonyl (C=O) groups is 2. The second-order valence-corrected chi connectivity index (χ2v) is 11.1. The molecule has 0 unspecified atom stereocenters. The van der Waals surface area contributed by atoms with Crippen molar-refractivity contribution >= 4 is 46.7 Å². The van der Waals surface area contributed by atoms with E-state index in [4.69, 9.17) is 37.7 Å². The smallest absolute Gasteiger partial charge is 0.425 e. The average molecular weight is 617 g/mol. The van der Waals surface area contributed by atoms with Crippen molar-refractivity contribution in [2.24, 2.45) is 4.99 Å². The lowest BCUT2D eigenvalue weighted by Gasteiger charge is -2.45. The lowest BCUT2D eigenvalue weighted by Crippen LogP contribution is -2.52. The molecule has 220 valence electrons. The molecule has 8 nitrogen and oxygen atoms in total. The lowest BCUT2D eigenvalue weighted by molar-refractivity contribution is -0.122. The van der Waals surface area contributed by atoms with Crippen molar-refractivity contribution in [2.75, 3.05) is 11.9 Å². The number of rotatable bonds is 5. The van der Waals surface area contributed by atoms with Crippen LogP contribution in [0.5, 0.6) is 5.75 Å². The van der Waals surface area contributed by atoms with Crippen molar-refractivity contribution in [1.29, 1.82) is 0 Å². The highest BCUT2D eigenvalue weighted by atomic mass is 35.5. The van der Waals surface area contributed by atoms with E-state index in [0.717, 1.165) is 6.07 Å². The molecule has 2 aliphatic rings. The van der Waals surface area contributed by atoms with Gasteiger partial charge in [-0.05, 0) is 68.3 Å². The second kappa shape index (κ2) is 11.8. The highest BCUT2D eigenvalue weighted by molar-refractivity contribution is 6.31. The molecule has 0 saturated carbocycles. The van der Waals surface area contributed by atoms with E-state index in [1.54, 1.807) is 63.2 Å². The monoisotopic (exact) mass is 616 g/mol. The third kappa shape index (κ3) is 5.25. The summed E-state index contributed by atoms with van der Waals surface area (Å²) in [5.74, 6) is -3.35. The van der Waals surface area contributed by atoms with Gasteiger partial charge in [0.05, 0.1) is 18.3 Å². The zero-order valence-corrected chi connectivity index (χ0v) is 24.4. The summed E-state index contributed by atoms with van der Waals surface area (Å²) in [6, 6.07) is 12.8. The third-order valence-corrected chi connectivity index (χ3v) is 7.75. The van der Waals surface area contributed by atoms with Gasteiger partial charge >= 0.3 is 6.09 Å². The molecule has 2 amide bonds. The van der Waals surface area contributed by atoms with Gasteiger partial charge in [0, 0.05) is 28.1 Å². The number of nitrogens with zero attached hydrogens (tertiary/aromatic N) is 1. The Labute approximate surface area is 251 Å². The van der Waals surface area contributed by atoms with Crippen LogP contribution < -0.4 is 20.9 Å². The van der Waals surface area contributed by atoms with Gasteiger partial charge in [0.15, 0.2) is 11.6 Å². The molecular formula is C30H28Cl2F2N4O4. The molecule has 5 rings (SSSR count). The van der Waals surface area contributed by atoms with E-state index in [1.165, 1.54) is 6.07 Å². The van der Waals surface area contributed by atoms with Gasteiger partial charge < -0.3 is 14.8 Å². The molecule has 0 aliphatic carbocycles. The Bertz CT molecular complexity index is 1580. The van der Waals surface area contributed by atoms with Crippen molar-refractivity contribution in [1.82, 2.24) is 10.9 Å². The van der Waals surface area contributed by atoms with Gasteiger partial charge in [0.25, 0.3) is 0 Å². The van der Waals surface area contributed by atoms with Crippen molar-refractivity contribution in [2.45, 2.75) is 50.7 Å². The van der Waals surface area contributed by atoms with Gasteiger partial charge in [0.2, 0.25) is 5.91 Å². The van der Waals surface area contributed by atoms with Gasteiger partial charge in [0.1, 0.15) is 23.0 Å². The fraction of sp³-hybridized carbons (Fsp3) is 0.300. The first kappa shape index (κ1) is 29.6. The third-order valence-electron chi connectivity index (χ3n) is 7.28. The highest BCUT2D eigenvalue weighted by Gasteiger charge is 2.61. The molecule has 3 aromatic carbocycles. The number of aliphatic imine (C=N–C) groups is 1. The summed E-state index contributed by atoms with van der Waals surface area (Å²) in [7, 11) is 0. The van der Waals surface area contributed by atoms with Gasteiger partial charge in [-0.25, -0.2) is 19.0 Å². The van der Waals surface area contributed by atoms with E-state index in [-0.39, 0.29) is 30.2 Å². The number of amidine groups is 1. The van der Waals surface area contributed by atoms with Crippen molar-refractivity contribution in [3.63, 3.8) is 0 Å². The fourth-order valence-electron chi connectivity index (χ4n) is 5.73. The van der Waals surface area contributed by atoms with E-state index in [0.29, 0.717) is 26.9 Å². The predicted molar refractivity (Wildman–Crippen MR) is 156 cm³/mol. The van der Waals surface area contributed by atoms with E-state index >= 15 is 4.39 Å². The van der Waals surface area contributed by atoms with Crippen LogP contribution in [-0.2, 0) is 14.9 Å². The zero-order chi connectivity index (χ0) is 30.2. The molecular weight excluding hydrogens is 589 g/mol. The number of nitrogens with one attached hydrogen (secondary N) is 3. The Kier molecular flexibility index (Phi) is 8.30. The Morgan fingerprint density at radius 3 is 2.62 bits per heavy atom. The molecule has 1 spiro atoms. The van der Waals surface area contributed by atoms with Crippen LogP contribution in [0.25, 0.3) is 0 Å². The molecule has 0 saturated heterocycles. The maximum Gasteiger partial charge on any atom is 0.425 e. The molecule has 42 heavy (non-hydrogen) atoms. The van der Waals surface area contributed by atoms with Gasteiger partial charge in [-0.1, -0.05) is 41.4 Å². The van der Waals surface area contributed by atoms with E-state index in [2.05, 4.69) is 16.2 Å². The summed E-state index contributed by atoms with van der Waals surface area (Å²) in [5.41, 5.74) is 4.86. The van der Waals surface area contributed by atoms with Crippen LogP contribution in [-0.4, -0.2) is 30.5 Å². The number of hydrazine groups is 1. The number of halogens is 4. The number of anilines is 1. The number of hydrogen-bond donors (Lipinski definition) is 3. The van der Waals surface area contributed by atoms with Crippen LogP contribution in [0.15, 0.2) is 59.6 Å². The molecule has 3 N–H and O–H groups in total. The van der Waals surface area contributed by atoms with E-state index in [1.807, 2.05) is 0 Å². The van der Waals surface area contributed by atoms with Crippen molar-refractivity contribution in [3.8, 4) is 5.75 Å². The summed E-state index contributed by atoms with van der Waals surface area (Å²) in [5, 5.41) is 3.69. The molecule has 0 fully saturated rings. The summed E-state index contributed by atoms with van der Waals surface area (Å²) >= 11 is 12.7. The maximum atomic E-state index is 16.0. The number of fused-ring (bicyclic) bond motifs is 2. The first-order chi connectivity index (χ1) is 20.1. The molecule has 3 aromatic rings. The normalized spacial score (nSPS) is 21.0. The lowest BCUT2D eigenvalue weighted by atomic mass is 9.59. The molecule has 12 heteroatoms. The molecule has 2 heterocycles. The molecule has 0 aromatic heterocycles. The number of carbonyl (C=O) groups excluding carboxylic acids is 2. The number of benzene rings is 3. The highest BCUT2D eigenvalue weighted by Crippen LogP contribution is 2.60. The first-order valence-corrected chi connectivity index (χ1v) is 14.1. The minimum atomic E-state index is -1.61. The van der Waals surface area contributed by atoms with Crippen LogP contribution in [0.2, 0.25) is 10.0 Å². The molecule has 2 aliphatic heterocycles. The van der Waals surface area contributed by atoms with Gasteiger partial charge in [-0.3, -0.25) is 15.2 Å². The molecule has 0 bridgehead atoms. The van der Waals surface area contributed by atoms with Crippen molar-refractivity contribution in [3.05, 3.63) is 93.0 Å². The van der Waals surface area contributed by atoms with Crippen LogP contribution in [0.1, 0.15) is 55.8 Å².